The third-order valence-electron chi connectivity index (χ3n) is 3.05. The van der Waals surface area contributed by atoms with Crippen LogP contribution in [-0.4, -0.2) is 49.6 Å². The van der Waals surface area contributed by atoms with E-state index in [0.29, 0.717) is 12.6 Å². The fourth-order valence-corrected chi connectivity index (χ4v) is 1.93. The van der Waals surface area contributed by atoms with Crippen molar-refractivity contribution in [1.29, 1.82) is 0 Å². The average Bonchev–Trinajstić information content (AvgIpc) is 2.91. The van der Waals surface area contributed by atoms with Crippen molar-refractivity contribution < 1.29 is 27.9 Å². The number of halogens is 2. The lowest BCUT2D eigenvalue weighted by Crippen LogP contribution is -2.38. The molecule has 3 amide bonds. The summed E-state index contributed by atoms with van der Waals surface area (Å²) in [6.45, 7) is 0.192. The van der Waals surface area contributed by atoms with Crippen LogP contribution < -0.4 is 10.6 Å². The number of carbonyl (C=O) groups is 3. The van der Waals surface area contributed by atoms with E-state index in [-0.39, 0.29) is 18.8 Å². The van der Waals surface area contributed by atoms with Crippen LogP contribution in [-0.2, 0) is 9.53 Å². The number of rotatable bonds is 4. The molecule has 0 saturated carbocycles. The summed E-state index contributed by atoms with van der Waals surface area (Å²) in [4.78, 5) is 35.4. The topological polar surface area (TPSA) is 87.7 Å². The smallest absolute Gasteiger partial charge is 0.340 e. The summed E-state index contributed by atoms with van der Waals surface area (Å²) in [7, 11) is 1.06. The molecule has 0 spiro atoms. The molecule has 2 rings (SSSR count). The van der Waals surface area contributed by atoms with E-state index in [2.05, 4.69) is 15.4 Å². The molecule has 0 bridgehead atoms. The number of urea groups is 1. The maximum absolute atomic E-state index is 13.6. The first-order valence-electron chi connectivity index (χ1n) is 6.33. The molecular formula is C13H13F2N3O4. The molecule has 22 heavy (non-hydrogen) atoms. The standard InChI is InChI=1S/C13H13F2N3O4/c1-22-12(20)7-4-10(9(15)5-8(7)14)17-6-11(19)18-3-2-16-13(18)21/h4-5,17H,2-3,6H2,1H3,(H,16,21). The molecule has 1 heterocycles. The number of methoxy groups -OCH3 is 1. The van der Waals surface area contributed by atoms with Crippen LogP contribution >= 0.6 is 0 Å². The summed E-state index contributed by atoms with van der Waals surface area (Å²) in [5.41, 5.74) is -0.701. The Labute approximate surface area is 124 Å². The van der Waals surface area contributed by atoms with Gasteiger partial charge in [-0.25, -0.2) is 18.4 Å². The predicted octanol–water partition coefficient (Wildman–Crippen LogP) is 0.715. The van der Waals surface area contributed by atoms with E-state index >= 15 is 0 Å². The first kappa shape index (κ1) is 15.7. The van der Waals surface area contributed by atoms with Gasteiger partial charge < -0.3 is 15.4 Å². The minimum absolute atomic E-state index is 0.221. The number of nitrogens with one attached hydrogen (secondary N) is 2. The molecule has 1 aliphatic heterocycles. The first-order chi connectivity index (χ1) is 10.4. The molecule has 0 radical (unpaired) electrons. The highest BCUT2D eigenvalue weighted by Gasteiger charge is 2.26. The van der Waals surface area contributed by atoms with Gasteiger partial charge in [0.25, 0.3) is 0 Å². The largest absolute Gasteiger partial charge is 0.465 e. The Hall–Kier alpha value is -2.71. The maximum Gasteiger partial charge on any atom is 0.340 e. The first-order valence-corrected chi connectivity index (χ1v) is 6.33. The molecular weight excluding hydrogens is 300 g/mol. The minimum Gasteiger partial charge on any atom is -0.465 e. The highest BCUT2D eigenvalue weighted by molar-refractivity contribution is 5.97. The van der Waals surface area contributed by atoms with Crippen LogP contribution in [0, 0.1) is 11.6 Å². The summed E-state index contributed by atoms with van der Waals surface area (Å²) < 4.78 is 31.5. The number of ether oxygens (including phenoxy) is 1. The van der Waals surface area contributed by atoms with E-state index < -0.39 is 35.1 Å². The van der Waals surface area contributed by atoms with Gasteiger partial charge in [0.1, 0.15) is 11.6 Å². The van der Waals surface area contributed by atoms with E-state index in [0.717, 1.165) is 18.1 Å². The van der Waals surface area contributed by atoms with Gasteiger partial charge in [0.2, 0.25) is 5.91 Å². The van der Waals surface area contributed by atoms with Crippen molar-refractivity contribution >= 4 is 23.6 Å². The lowest BCUT2D eigenvalue weighted by atomic mass is 10.1. The Morgan fingerprint density at radius 3 is 2.68 bits per heavy atom. The van der Waals surface area contributed by atoms with Gasteiger partial charge >= 0.3 is 12.0 Å². The van der Waals surface area contributed by atoms with Crippen LogP contribution in [0.4, 0.5) is 19.3 Å². The molecule has 1 fully saturated rings. The monoisotopic (exact) mass is 313 g/mol. The van der Waals surface area contributed by atoms with E-state index in [1.54, 1.807) is 0 Å². The molecule has 118 valence electrons. The Bertz CT molecular complexity index is 636. The Morgan fingerprint density at radius 1 is 1.36 bits per heavy atom. The summed E-state index contributed by atoms with van der Waals surface area (Å²) in [5, 5.41) is 4.89. The number of amides is 3. The minimum atomic E-state index is -1.07. The van der Waals surface area contributed by atoms with Gasteiger partial charge in [-0.2, -0.15) is 0 Å². The molecule has 1 aromatic carbocycles. The number of carbonyl (C=O) groups excluding carboxylic acids is 3. The van der Waals surface area contributed by atoms with Crippen molar-refractivity contribution in [3.63, 3.8) is 0 Å². The molecule has 9 heteroatoms. The fraction of sp³-hybridized carbons (Fsp3) is 0.308. The number of benzene rings is 1. The molecule has 1 aromatic rings. The fourth-order valence-electron chi connectivity index (χ4n) is 1.93. The van der Waals surface area contributed by atoms with Gasteiger partial charge in [-0.1, -0.05) is 0 Å². The number of esters is 1. The second kappa shape index (κ2) is 6.37. The van der Waals surface area contributed by atoms with Crippen LogP contribution in [0.5, 0.6) is 0 Å². The van der Waals surface area contributed by atoms with E-state index in [1.807, 2.05) is 0 Å². The summed E-state index contributed by atoms with van der Waals surface area (Å²) >= 11 is 0. The molecule has 0 aromatic heterocycles. The summed E-state index contributed by atoms with van der Waals surface area (Å²) in [5.74, 6) is -3.58. The van der Waals surface area contributed by atoms with Gasteiger partial charge in [-0.3, -0.25) is 9.69 Å². The number of anilines is 1. The molecule has 7 nitrogen and oxygen atoms in total. The van der Waals surface area contributed by atoms with Crippen molar-refractivity contribution in [2.75, 3.05) is 32.1 Å². The summed E-state index contributed by atoms with van der Waals surface area (Å²) in [6, 6.07) is 0.900. The third kappa shape index (κ3) is 3.13. The normalized spacial score (nSPS) is 13.8. The number of hydrogen-bond acceptors (Lipinski definition) is 5. The zero-order valence-electron chi connectivity index (χ0n) is 11.6. The number of nitrogens with zero attached hydrogens (tertiary/aromatic N) is 1. The summed E-state index contributed by atoms with van der Waals surface area (Å²) in [6.07, 6.45) is 0. The highest BCUT2D eigenvalue weighted by atomic mass is 19.1. The van der Waals surface area contributed by atoms with E-state index in [9.17, 15) is 23.2 Å². The van der Waals surface area contributed by atoms with Crippen LogP contribution in [0.3, 0.4) is 0 Å². The van der Waals surface area contributed by atoms with Gasteiger partial charge in [0.15, 0.2) is 0 Å². The van der Waals surface area contributed by atoms with Crippen molar-refractivity contribution in [2.45, 2.75) is 0 Å². The third-order valence-corrected chi connectivity index (χ3v) is 3.05. The van der Waals surface area contributed by atoms with Crippen molar-refractivity contribution in [3.05, 3.63) is 29.3 Å². The van der Waals surface area contributed by atoms with Crippen LogP contribution in [0.1, 0.15) is 10.4 Å². The zero-order chi connectivity index (χ0) is 16.3. The second-order valence-corrected chi connectivity index (χ2v) is 4.43. The van der Waals surface area contributed by atoms with E-state index in [1.165, 1.54) is 0 Å². The van der Waals surface area contributed by atoms with Crippen LogP contribution in [0.25, 0.3) is 0 Å². The van der Waals surface area contributed by atoms with Crippen molar-refractivity contribution in [1.82, 2.24) is 10.2 Å². The Kier molecular flexibility index (Phi) is 4.54. The molecule has 0 aliphatic carbocycles. The number of imide groups is 1. The average molecular weight is 313 g/mol. The predicted molar refractivity (Wildman–Crippen MR) is 71.3 cm³/mol. The molecule has 1 aliphatic rings. The molecule has 2 N–H and O–H groups in total. The van der Waals surface area contributed by atoms with Gasteiger partial charge in [-0.05, 0) is 6.07 Å². The van der Waals surface area contributed by atoms with Crippen molar-refractivity contribution in [3.8, 4) is 0 Å². The molecule has 0 atom stereocenters. The molecule has 1 saturated heterocycles. The highest BCUT2D eigenvalue weighted by Crippen LogP contribution is 2.20. The zero-order valence-corrected chi connectivity index (χ0v) is 11.6. The van der Waals surface area contributed by atoms with Crippen molar-refractivity contribution in [2.24, 2.45) is 0 Å². The lowest BCUT2D eigenvalue weighted by Gasteiger charge is -2.14. The van der Waals surface area contributed by atoms with Crippen LogP contribution in [0.15, 0.2) is 12.1 Å². The number of hydrogen-bond donors (Lipinski definition) is 2. The van der Waals surface area contributed by atoms with Gasteiger partial charge in [0, 0.05) is 19.2 Å². The van der Waals surface area contributed by atoms with Crippen LogP contribution in [0.2, 0.25) is 0 Å². The van der Waals surface area contributed by atoms with E-state index in [4.69, 9.17) is 0 Å². The molecule has 0 unspecified atom stereocenters. The SMILES string of the molecule is COC(=O)c1cc(NCC(=O)N2CCNC2=O)c(F)cc1F. The quantitative estimate of drug-likeness (QED) is 0.800. The second-order valence-electron chi connectivity index (χ2n) is 4.43. The maximum atomic E-state index is 13.6. The lowest BCUT2D eigenvalue weighted by molar-refractivity contribution is -0.125. The Morgan fingerprint density at radius 2 is 2.09 bits per heavy atom. The van der Waals surface area contributed by atoms with Gasteiger partial charge in [-0.15, -0.1) is 0 Å². The van der Waals surface area contributed by atoms with Gasteiger partial charge in [0.05, 0.1) is 24.9 Å². The Balaban J connectivity index is 2.10.